The average Bonchev–Trinajstić information content (AvgIpc) is 2.28. The fourth-order valence-electron chi connectivity index (χ4n) is 1.45. The Hall–Kier alpha value is -0.640. The third-order valence-electron chi connectivity index (χ3n) is 2.32. The summed E-state index contributed by atoms with van der Waals surface area (Å²) in [6.45, 7) is 7.59. The van der Waals surface area contributed by atoms with Crippen LogP contribution in [0.15, 0.2) is 41.4 Å². The zero-order valence-electron chi connectivity index (χ0n) is 9.75. The summed E-state index contributed by atoms with van der Waals surface area (Å²) in [5, 5.41) is 3.29. The predicted octanol–water partition coefficient (Wildman–Crippen LogP) is 2.66. The van der Waals surface area contributed by atoms with Gasteiger partial charge in [-0.3, -0.25) is 0 Å². The molecule has 16 heavy (non-hydrogen) atoms. The van der Waals surface area contributed by atoms with Gasteiger partial charge in [0.2, 0.25) is 0 Å². The van der Waals surface area contributed by atoms with E-state index in [1.54, 1.807) is 0 Å². The molecule has 3 heteroatoms. The van der Waals surface area contributed by atoms with Crippen LogP contribution in [0.5, 0.6) is 0 Å². The van der Waals surface area contributed by atoms with Crippen LogP contribution in [-0.2, 0) is 6.54 Å². The van der Waals surface area contributed by atoms with Gasteiger partial charge < -0.3 is 10.2 Å². The Morgan fingerprint density at radius 2 is 2.06 bits per heavy atom. The van der Waals surface area contributed by atoms with E-state index in [1.807, 2.05) is 6.08 Å². The van der Waals surface area contributed by atoms with Crippen molar-refractivity contribution in [3.63, 3.8) is 0 Å². The van der Waals surface area contributed by atoms with Gasteiger partial charge in [0, 0.05) is 30.7 Å². The zero-order valence-corrected chi connectivity index (χ0v) is 11.3. The lowest BCUT2D eigenvalue weighted by Gasteiger charge is -2.16. The van der Waals surface area contributed by atoms with E-state index in [-0.39, 0.29) is 0 Å². The second-order valence-corrected chi connectivity index (χ2v) is 4.77. The van der Waals surface area contributed by atoms with Crippen LogP contribution in [0.4, 0.5) is 0 Å². The summed E-state index contributed by atoms with van der Waals surface area (Å²) in [6, 6.07) is 8.47. The maximum Gasteiger partial charge on any atom is 0.0231 e. The smallest absolute Gasteiger partial charge is 0.0231 e. The van der Waals surface area contributed by atoms with Gasteiger partial charge in [0.25, 0.3) is 0 Å². The van der Waals surface area contributed by atoms with Crippen molar-refractivity contribution in [1.29, 1.82) is 0 Å². The van der Waals surface area contributed by atoms with Gasteiger partial charge in [-0.25, -0.2) is 0 Å². The van der Waals surface area contributed by atoms with Crippen LogP contribution < -0.4 is 5.32 Å². The predicted molar refractivity (Wildman–Crippen MR) is 73.5 cm³/mol. The summed E-state index contributed by atoms with van der Waals surface area (Å²) in [4.78, 5) is 2.30. The maximum absolute atomic E-state index is 3.67. The number of rotatable bonds is 7. The fourth-order valence-corrected chi connectivity index (χ4v) is 1.72. The molecular weight excluding hydrogens is 264 g/mol. The number of nitrogens with one attached hydrogen (secondary N) is 1. The van der Waals surface area contributed by atoms with Crippen molar-refractivity contribution in [1.82, 2.24) is 10.2 Å². The van der Waals surface area contributed by atoms with Crippen LogP contribution in [0.3, 0.4) is 0 Å². The summed E-state index contributed by atoms with van der Waals surface area (Å²) in [7, 11) is 2.14. The van der Waals surface area contributed by atoms with Crippen LogP contribution in [0.25, 0.3) is 0 Å². The molecule has 0 aliphatic rings. The number of hydrogen-bond donors (Lipinski definition) is 1. The van der Waals surface area contributed by atoms with E-state index in [4.69, 9.17) is 0 Å². The molecule has 0 heterocycles. The molecule has 0 bridgehead atoms. The quantitative estimate of drug-likeness (QED) is 0.611. The van der Waals surface area contributed by atoms with Crippen molar-refractivity contribution in [2.75, 3.05) is 26.7 Å². The largest absolute Gasteiger partial charge is 0.312 e. The standard InChI is InChI=1S/C13H19BrN2/c1-3-8-15-9-10-16(2)11-12-4-6-13(14)7-5-12/h3-7,15H,1,8-11H2,2H3. The lowest BCUT2D eigenvalue weighted by molar-refractivity contribution is 0.326. The minimum absolute atomic E-state index is 0.881. The lowest BCUT2D eigenvalue weighted by Crippen LogP contribution is -2.28. The number of hydrogen-bond acceptors (Lipinski definition) is 2. The Labute approximate surface area is 106 Å². The Morgan fingerprint density at radius 1 is 1.38 bits per heavy atom. The Kier molecular flexibility index (Phi) is 6.38. The number of likely N-dealkylation sites (N-methyl/N-ethyl adjacent to an activating group) is 1. The van der Waals surface area contributed by atoms with Gasteiger partial charge in [0.1, 0.15) is 0 Å². The molecule has 0 saturated heterocycles. The van der Waals surface area contributed by atoms with E-state index >= 15 is 0 Å². The van der Waals surface area contributed by atoms with Crippen LogP contribution in [-0.4, -0.2) is 31.6 Å². The molecule has 2 nitrogen and oxygen atoms in total. The van der Waals surface area contributed by atoms with Gasteiger partial charge in [-0.2, -0.15) is 0 Å². The highest BCUT2D eigenvalue weighted by molar-refractivity contribution is 9.10. The molecule has 0 fully saturated rings. The Morgan fingerprint density at radius 3 is 2.69 bits per heavy atom. The molecule has 1 aromatic rings. The monoisotopic (exact) mass is 282 g/mol. The summed E-state index contributed by atoms with van der Waals surface area (Å²) < 4.78 is 1.13. The van der Waals surface area contributed by atoms with E-state index in [9.17, 15) is 0 Å². The van der Waals surface area contributed by atoms with E-state index in [1.165, 1.54) is 5.56 Å². The molecule has 1 aromatic carbocycles. The van der Waals surface area contributed by atoms with Crippen molar-refractivity contribution in [3.8, 4) is 0 Å². The van der Waals surface area contributed by atoms with Crippen molar-refractivity contribution in [2.24, 2.45) is 0 Å². The minimum atomic E-state index is 0.881. The number of nitrogens with zero attached hydrogens (tertiary/aromatic N) is 1. The first-order valence-electron chi connectivity index (χ1n) is 5.47. The number of benzene rings is 1. The van der Waals surface area contributed by atoms with Gasteiger partial charge in [-0.05, 0) is 24.7 Å². The third-order valence-corrected chi connectivity index (χ3v) is 2.85. The van der Waals surface area contributed by atoms with Gasteiger partial charge in [0.15, 0.2) is 0 Å². The van der Waals surface area contributed by atoms with E-state index < -0.39 is 0 Å². The zero-order chi connectivity index (χ0) is 11.8. The van der Waals surface area contributed by atoms with Crippen molar-refractivity contribution >= 4 is 15.9 Å². The first kappa shape index (κ1) is 13.4. The van der Waals surface area contributed by atoms with Gasteiger partial charge >= 0.3 is 0 Å². The van der Waals surface area contributed by atoms with Gasteiger partial charge in [0.05, 0.1) is 0 Å². The second kappa shape index (κ2) is 7.60. The van der Waals surface area contributed by atoms with Crippen LogP contribution in [0.1, 0.15) is 5.56 Å². The molecule has 0 radical (unpaired) electrons. The van der Waals surface area contributed by atoms with Crippen LogP contribution >= 0.6 is 15.9 Å². The molecule has 0 spiro atoms. The molecule has 0 amide bonds. The topological polar surface area (TPSA) is 15.3 Å². The molecule has 0 aliphatic carbocycles. The number of halogens is 1. The molecule has 1 N–H and O–H groups in total. The molecule has 88 valence electrons. The highest BCUT2D eigenvalue weighted by Gasteiger charge is 1.99. The van der Waals surface area contributed by atoms with E-state index in [0.29, 0.717) is 0 Å². The van der Waals surface area contributed by atoms with Crippen molar-refractivity contribution in [3.05, 3.63) is 47.0 Å². The van der Waals surface area contributed by atoms with Crippen molar-refractivity contribution < 1.29 is 0 Å². The first-order valence-corrected chi connectivity index (χ1v) is 6.26. The van der Waals surface area contributed by atoms with Crippen LogP contribution in [0.2, 0.25) is 0 Å². The molecule has 0 atom stereocenters. The van der Waals surface area contributed by atoms with E-state index in [2.05, 4.69) is 64.0 Å². The minimum Gasteiger partial charge on any atom is -0.312 e. The second-order valence-electron chi connectivity index (χ2n) is 3.86. The third kappa shape index (κ3) is 5.45. The van der Waals surface area contributed by atoms with Crippen molar-refractivity contribution in [2.45, 2.75) is 6.54 Å². The summed E-state index contributed by atoms with van der Waals surface area (Å²) >= 11 is 3.44. The maximum atomic E-state index is 3.67. The fraction of sp³-hybridized carbons (Fsp3) is 0.385. The Balaban J connectivity index is 2.25. The summed E-state index contributed by atoms with van der Waals surface area (Å²) in [6.07, 6.45) is 1.88. The summed E-state index contributed by atoms with van der Waals surface area (Å²) in [5.74, 6) is 0. The highest BCUT2D eigenvalue weighted by Crippen LogP contribution is 2.11. The first-order chi connectivity index (χ1) is 7.72. The highest BCUT2D eigenvalue weighted by atomic mass is 79.9. The van der Waals surface area contributed by atoms with Crippen LogP contribution in [0, 0.1) is 0 Å². The molecule has 0 unspecified atom stereocenters. The molecular formula is C13H19BrN2. The lowest BCUT2D eigenvalue weighted by atomic mass is 10.2. The van der Waals surface area contributed by atoms with Gasteiger partial charge in [-0.15, -0.1) is 6.58 Å². The molecule has 1 rings (SSSR count). The van der Waals surface area contributed by atoms with Gasteiger partial charge in [-0.1, -0.05) is 34.1 Å². The Bertz CT molecular complexity index is 308. The molecule has 0 aliphatic heterocycles. The average molecular weight is 283 g/mol. The van der Waals surface area contributed by atoms with E-state index in [0.717, 1.165) is 30.7 Å². The summed E-state index contributed by atoms with van der Waals surface area (Å²) in [5.41, 5.74) is 1.34. The normalized spacial score (nSPS) is 10.7. The SMILES string of the molecule is C=CCNCCN(C)Cc1ccc(Br)cc1. The molecule has 0 saturated carbocycles. The molecule has 0 aromatic heterocycles.